The quantitative estimate of drug-likeness (QED) is 0.789. The molecule has 2 aromatic heterocycles. The number of aryl methyl sites for hydroxylation is 1. The van der Waals surface area contributed by atoms with Crippen molar-refractivity contribution < 1.29 is 9.53 Å². The Hall–Kier alpha value is -2.89. The van der Waals surface area contributed by atoms with E-state index in [1.807, 2.05) is 31.2 Å². The van der Waals surface area contributed by atoms with Crippen LogP contribution < -0.4 is 9.64 Å². The van der Waals surface area contributed by atoms with Crippen LogP contribution in [0.25, 0.3) is 11.0 Å². The number of pyridine rings is 1. The number of benzene rings is 1. The van der Waals surface area contributed by atoms with Gasteiger partial charge in [0.05, 0.1) is 12.7 Å². The predicted octanol–water partition coefficient (Wildman–Crippen LogP) is 2.48. The second kappa shape index (κ2) is 5.08. The first-order chi connectivity index (χ1) is 11.2. The van der Waals surface area contributed by atoms with Crippen molar-refractivity contribution in [3.8, 4) is 5.75 Å². The van der Waals surface area contributed by atoms with Gasteiger partial charge in [-0.15, -0.1) is 0 Å². The molecule has 0 saturated heterocycles. The molecule has 1 aliphatic heterocycles. The predicted molar refractivity (Wildman–Crippen MR) is 87.0 cm³/mol. The van der Waals surface area contributed by atoms with Gasteiger partial charge in [-0.2, -0.15) is 5.10 Å². The van der Waals surface area contributed by atoms with E-state index in [9.17, 15) is 4.79 Å². The number of nitrogens with zero attached hydrogens (tertiary/aromatic N) is 3. The zero-order chi connectivity index (χ0) is 16.0. The van der Waals surface area contributed by atoms with Gasteiger partial charge in [0, 0.05) is 29.5 Å². The van der Waals surface area contributed by atoms with Crippen molar-refractivity contribution in [2.24, 2.45) is 0 Å². The summed E-state index contributed by atoms with van der Waals surface area (Å²) in [6, 6.07) is 7.66. The molecule has 3 aromatic rings. The van der Waals surface area contributed by atoms with Crippen molar-refractivity contribution in [2.45, 2.75) is 13.3 Å². The summed E-state index contributed by atoms with van der Waals surface area (Å²) in [5.41, 5.74) is 4.19. The van der Waals surface area contributed by atoms with Crippen molar-refractivity contribution >= 4 is 22.6 Å². The molecular formula is C17H16N4O2. The highest BCUT2D eigenvalue weighted by atomic mass is 16.5. The molecule has 1 aliphatic rings. The molecule has 0 saturated carbocycles. The number of nitrogens with one attached hydrogen (secondary N) is 1. The SMILES string of the molecule is COc1ccc2c(c1)CCN2C(=O)c1cnc2n[nH]c(C)c2c1. The van der Waals surface area contributed by atoms with Gasteiger partial charge in [0.2, 0.25) is 0 Å². The fraction of sp³-hybridized carbons (Fsp3) is 0.235. The average molecular weight is 308 g/mol. The molecule has 0 radical (unpaired) electrons. The number of fused-ring (bicyclic) bond motifs is 2. The number of amides is 1. The van der Waals surface area contributed by atoms with Crippen molar-refractivity contribution in [3.63, 3.8) is 0 Å². The minimum Gasteiger partial charge on any atom is -0.497 e. The van der Waals surface area contributed by atoms with Gasteiger partial charge in [0.15, 0.2) is 5.65 Å². The Morgan fingerprint density at radius 3 is 3.04 bits per heavy atom. The molecule has 1 N–H and O–H groups in total. The number of aromatic amines is 1. The maximum absolute atomic E-state index is 12.9. The van der Waals surface area contributed by atoms with Crippen LogP contribution in [0.1, 0.15) is 21.6 Å². The number of methoxy groups -OCH3 is 1. The number of hydrogen-bond donors (Lipinski definition) is 1. The molecule has 0 bridgehead atoms. The lowest BCUT2D eigenvalue weighted by atomic mass is 10.1. The molecular weight excluding hydrogens is 292 g/mol. The smallest absolute Gasteiger partial charge is 0.259 e. The van der Waals surface area contributed by atoms with Gasteiger partial charge in [0.1, 0.15) is 5.75 Å². The van der Waals surface area contributed by atoms with E-state index in [0.717, 1.165) is 34.5 Å². The number of rotatable bonds is 2. The van der Waals surface area contributed by atoms with E-state index >= 15 is 0 Å². The summed E-state index contributed by atoms with van der Waals surface area (Å²) in [4.78, 5) is 18.9. The maximum atomic E-state index is 12.9. The third kappa shape index (κ3) is 2.14. The van der Waals surface area contributed by atoms with Gasteiger partial charge >= 0.3 is 0 Å². The molecule has 4 rings (SSSR count). The number of hydrogen-bond acceptors (Lipinski definition) is 4. The van der Waals surface area contributed by atoms with Crippen LogP contribution >= 0.6 is 0 Å². The van der Waals surface area contributed by atoms with E-state index in [4.69, 9.17) is 4.74 Å². The number of carbonyl (C=O) groups is 1. The van der Waals surface area contributed by atoms with Gasteiger partial charge < -0.3 is 9.64 Å². The molecule has 116 valence electrons. The molecule has 6 heteroatoms. The third-order valence-corrected chi connectivity index (χ3v) is 4.27. The summed E-state index contributed by atoms with van der Waals surface area (Å²) in [5.74, 6) is 0.777. The van der Waals surface area contributed by atoms with Crippen LogP contribution in [0.3, 0.4) is 0 Å². The number of H-pyrrole nitrogens is 1. The van der Waals surface area contributed by atoms with Crippen LogP contribution in [0.15, 0.2) is 30.5 Å². The number of anilines is 1. The minimum absolute atomic E-state index is 0.0380. The molecule has 0 fully saturated rings. The second-order valence-electron chi connectivity index (χ2n) is 5.65. The minimum atomic E-state index is -0.0380. The lowest BCUT2D eigenvalue weighted by Crippen LogP contribution is -2.28. The van der Waals surface area contributed by atoms with Crippen LogP contribution in [-0.4, -0.2) is 34.7 Å². The Balaban J connectivity index is 1.71. The normalized spacial score (nSPS) is 13.4. The average Bonchev–Trinajstić information content (AvgIpc) is 3.17. The van der Waals surface area contributed by atoms with Crippen LogP contribution in [0.5, 0.6) is 5.75 Å². The summed E-state index contributed by atoms with van der Waals surface area (Å²) in [6.07, 6.45) is 2.42. The topological polar surface area (TPSA) is 71.1 Å². The van der Waals surface area contributed by atoms with Gasteiger partial charge in [-0.1, -0.05) is 0 Å². The summed E-state index contributed by atoms with van der Waals surface area (Å²) >= 11 is 0. The number of ether oxygens (including phenoxy) is 1. The fourth-order valence-electron chi connectivity index (χ4n) is 3.01. The van der Waals surface area contributed by atoms with Crippen molar-refractivity contribution in [1.82, 2.24) is 15.2 Å². The maximum Gasteiger partial charge on any atom is 0.259 e. The van der Waals surface area contributed by atoms with E-state index < -0.39 is 0 Å². The van der Waals surface area contributed by atoms with Crippen LogP contribution in [0.4, 0.5) is 5.69 Å². The van der Waals surface area contributed by atoms with E-state index in [-0.39, 0.29) is 5.91 Å². The Bertz CT molecular complexity index is 916. The Labute approximate surface area is 133 Å². The van der Waals surface area contributed by atoms with Gasteiger partial charge in [0.25, 0.3) is 5.91 Å². The fourth-order valence-corrected chi connectivity index (χ4v) is 3.01. The van der Waals surface area contributed by atoms with E-state index in [2.05, 4.69) is 15.2 Å². The first kappa shape index (κ1) is 13.8. The lowest BCUT2D eigenvalue weighted by molar-refractivity contribution is 0.0989. The highest BCUT2D eigenvalue weighted by molar-refractivity contribution is 6.08. The monoisotopic (exact) mass is 308 g/mol. The summed E-state index contributed by atoms with van der Waals surface area (Å²) in [5, 5.41) is 7.87. The lowest BCUT2D eigenvalue weighted by Gasteiger charge is -2.17. The second-order valence-corrected chi connectivity index (χ2v) is 5.65. The molecule has 1 amide bonds. The van der Waals surface area contributed by atoms with E-state index in [1.165, 1.54) is 0 Å². The molecule has 0 unspecified atom stereocenters. The molecule has 1 aromatic carbocycles. The molecule has 6 nitrogen and oxygen atoms in total. The van der Waals surface area contributed by atoms with Gasteiger partial charge in [-0.25, -0.2) is 4.98 Å². The van der Waals surface area contributed by atoms with Gasteiger partial charge in [-0.05, 0) is 43.2 Å². The number of aromatic nitrogens is 3. The summed E-state index contributed by atoms with van der Waals surface area (Å²) in [7, 11) is 1.65. The molecule has 23 heavy (non-hydrogen) atoms. The largest absolute Gasteiger partial charge is 0.497 e. The first-order valence-corrected chi connectivity index (χ1v) is 7.47. The van der Waals surface area contributed by atoms with E-state index in [1.54, 1.807) is 18.2 Å². The standard InChI is InChI=1S/C17H16N4O2/c1-10-14-8-12(9-18-16(14)20-19-10)17(22)21-6-5-11-7-13(23-2)3-4-15(11)21/h3-4,7-9H,5-6H2,1-2H3,(H,18,19,20). The van der Waals surface area contributed by atoms with E-state index in [0.29, 0.717) is 17.8 Å². The van der Waals surface area contributed by atoms with Crippen molar-refractivity contribution in [1.29, 1.82) is 0 Å². The molecule has 3 heterocycles. The summed E-state index contributed by atoms with van der Waals surface area (Å²) < 4.78 is 5.25. The Morgan fingerprint density at radius 1 is 1.35 bits per heavy atom. The summed E-state index contributed by atoms with van der Waals surface area (Å²) in [6.45, 7) is 2.59. The van der Waals surface area contributed by atoms with Crippen molar-refractivity contribution in [3.05, 3.63) is 47.3 Å². The molecule has 0 spiro atoms. The van der Waals surface area contributed by atoms with Gasteiger partial charge in [-0.3, -0.25) is 9.89 Å². The Kier molecular flexibility index (Phi) is 3.04. The zero-order valence-corrected chi connectivity index (χ0v) is 13.0. The molecule has 0 atom stereocenters. The zero-order valence-electron chi connectivity index (χ0n) is 13.0. The van der Waals surface area contributed by atoms with Crippen LogP contribution in [-0.2, 0) is 6.42 Å². The molecule has 0 aliphatic carbocycles. The number of carbonyl (C=O) groups excluding carboxylic acids is 1. The highest BCUT2D eigenvalue weighted by Crippen LogP contribution is 2.32. The van der Waals surface area contributed by atoms with Crippen LogP contribution in [0.2, 0.25) is 0 Å². The van der Waals surface area contributed by atoms with Crippen molar-refractivity contribution in [2.75, 3.05) is 18.6 Å². The first-order valence-electron chi connectivity index (χ1n) is 7.47. The van der Waals surface area contributed by atoms with Crippen LogP contribution in [0, 0.1) is 6.92 Å². The Morgan fingerprint density at radius 2 is 2.22 bits per heavy atom. The highest BCUT2D eigenvalue weighted by Gasteiger charge is 2.26. The third-order valence-electron chi connectivity index (χ3n) is 4.27.